The molecule has 21 atom stereocenters. The highest BCUT2D eigenvalue weighted by Gasteiger charge is 2.87. The van der Waals surface area contributed by atoms with E-state index in [-0.39, 0.29) is 52.2 Å². The van der Waals surface area contributed by atoms with E-state index in [1.807, 2.05) is 0 Å². The van der Waals surface area contributed by atoms with E-state index < -0.39 is 96.5 Å². The smallest absolute Gasteiger partial charge is 0.303 e. The van der Waals surface area contributed by atoms with Crippen LogP contribution < -0.4 is 0 Å². The van der Waals surface area contributed by atoms with Gasteiger partial charge in [0.1, 0.15) is 60.5 Å². The monoisotopic (exact) mass is 824 g/mol. The minimum atomic E-state index is -1.61. The minimum absolute atomic E-state index is 0.0312. The maximum Gasteiger partial charge on any atom is 0.303 e. The molecule has 15 heteroatoms. The minimum Gasteiger partial charge on any atom is -0.459 e. The van der Waals surface area contributed by atoms with Crippen LogP contribution in [0.2, 0.25) is 0 Å². The lowest BCUT2D eigenvalue weighted by molar-refractivity contribution is -0.420. The zero-order valence-corrected chi connectivity index (χ0v) is 35.3. The molecular weight excluding hydrogens is 756 g/mol. The van der Waals surface area contributed by atoms with E-state index in [0.717, 1.165) is 44.9 Å². The molecule has 4 aliphatic heterocycles. The van der Waals surface area contributed by atoms with Crippen molar-refractivity contribution in [3.8, 4) is 0 Å². The highest BCUT2D eigenvalue weighted by molar-refractivity contribution is 5.66. The third kappa shape index (κ3) is 5.29. The molecule has 0 aromatic rings. The number of aliphatic hydroxyl groups excluding tert-OH is 7. The molecule has 0 aromatic heterocycles. The van der Waals surface area contributed by atoms with Gasteiger partial charge in [-0.25, -0.2) is 0 Å². The largest absolute Gasteiger partial charge is 0.459 e. The van der Waals surface area contributed by atoms with Crippen LogP contribution in [0.1, 0.15) is 113 Å². The van der Waals surface area contributed by atoms with Crippen molar-refractivity contribution >= 4 is 5.97 Å². The molecule has 0 radical (unpaired) electrons. The summed E-state index contributed by atoms with van der Waals surface area (Å²) in [6.45, 7) is 15.8. The van der Waals surface area contributed by atoms with Gasteiger partial charge in [-0.3, -0.25) is 4.79 Å². The molecule has 9 rings (SSSR count). The van der Waals surface area contributed by atoms with Crippen molar-refractivity contribution in [3.05, 3.63) is 0 Å². The van der Waals surface area contributed by atoms with E-state index in [1.165, 1.54) is 6.92 Å². The molecule has 330 valence electrons. The Hall–Kier alpha value is -1.05. The van der Waals surface area contributed by atoms with E-state index >= 15 is 0 Å². The van der Waals surface area contributed by atoms with Crippen molar-refractivity contribution in [3.63, 3.8) is 0 Å². The van der Waals surface area contributed by atoms with E-state index in [0.29, 0.717) is 18.8 Å². The summed E-state index contributed by atoms with van der Waals surface area (Å²) in [7, 11) is 0. The van der Waals surface area contributed by atoms with Crippen molar-refractivity contribution in [2.24, 2.45) is 44.8 Å². The van der Waals surface area contributed by atoms with Gasteiger partial charge in [-0.05, 0) is 106 Å². The zero-order valence-electron chi connectivity index (χ0n) is 35.3. The number of hydrogen-bond acceptors (Lipinski definition) is 15. The SMILES string of the molecule is CC(=O)O[C@H]1[C@@H]2O[C@@]3(C(C)(C)O[C@H]4O[C@H](CO)[C@@H](O)[C@H](O)[C@H]4O)CC[C@](C)(O3)[C@@H]2[C@@]2(C)CC[C@@]34C[C@@]35CC[C@H](O[C@@H]3OC[C@@H](O)[C@H](O)[C@H]3O)C(C)(C)[C@@H]5CC[C@H]4[C@]12C. The normalized spacial score (nSPS) is 57.9. The van der Waals surface area contributed by atoms with Crippen LogP contribution in [-0.2, 0) is 38.0 Å². The van der Waals surface area contributed by atoms with E-state index in [1.54, 1.807) is 13.8 Å². The number of carbonyl (C=O) groups is 1. The molecule has 58 heavy (non-hydrogen) atoms. The number of rotatable bonds is 7. The molecule has 7 N–H and O–H groups in total. The summed E-state index contributed by atoms with van der Waals surface area (Å²) < 4.78 is 45.5. The number of ether oxygens (including phenoxy) is 7. The average molecular weight is 825 g/mol. The Kier molecular flexibility index (Phi) is 9.65. The Morgan fingerprint density at radius 2 is 1.47 bits per heavy atom. The maximum atomic E-state index is 13.3. The predicted octanol–water partition coefficient (Wildman–Crippen LogP) is 1.66. The van der Waals surface area contributed by atoms with Crippen LogP contribution in [0.3, 0.4) is 0 Å². The van der Waals surface area contributed by atoms with Gasteiger partial charge in [-0.1, -0.05) is 27.7 Å². The molecule has 9 aliphatic rings. The van der Waals surface area contributed by atoms with E-state index in [2.05, 4.69) is 34.6 Å². The summed E-state index contributed by atoms with van der Waals surface area (Å²) in [4.78, 5) is 13.3. The van der Waals surface area contributed by atoms with Gasteiger partial charge in [-0.15, -0.1) is 0 Å². The summed E-state index contributed by atoms with van der Waals surface area (Å²) >= 11 is 0. The van der Waals surface area contributed by atoms with Gasteiger partial charge in [0.15, 0.2) is 18.4 Å². The molecule has 5 saturated carbocycles. The molecule has 4 saturated heterocycles. The topological polar surface area (TPSA) is 223 Å². The van der Waals surface area contributed by atoms with Gasteiger partial charge in [0.2, 0.25) is 0 Å². The Balaban J connectivity index is 1.02. The molecule has 9 fully saturated rings. The number of carbonyl (C=O) groups excluding carboxylic acids is 1. The molecule has 15 nitrogen and oxygen atoms in total. The molecule has 2 spiro atoms. The van der Waals surface area contributed by atoms with Gasteiger partial charge in [0.05, 0.1) is 24.9 Å². The van der Waals surface area contributed by atoms with Crippen LogP contribution in [0.15, 0.2) is 0 Å². The van der Waals surface area contributed by atoms with Crippen molar-refractivity contribution in [2.75, 3.05) is 13.2 Å². The highest BCUT2D eigenvalue weighted by Crippen LogP contribution is 2.90. The molecule has 0 unspecified atom stereocenters. The summed E-state index contributed by atoms with van der Waals surface area (Å²) in [6.07, 6.45) is -5.67. The van der Waals surface area contributed by atoms with Crippen LogP contribution in [-0.4, -0.2) is 146 Å². The molecule has 5 aliphatic carbocycles. The zero-order chi connectivity index (χ0) is 42.0. The van der Waals surface area contributed by atoms with Gasteiger partial charge in [0.25, 0.3) is 0 Å². The summed E-state index contributed by atoms with van der Waals surface area (Å²) in [5.74, 6) is -1.25. The second kappa shape index (κ2) is 13.2. The molecule has 2 bridgehead atoms. The van der Waals surface area contributed by atoms with Crippen molar-refractivity contribution < 1.29 is 73.7 Å². The molecule has 0 amide bonds. The molecule has 4 heterocycles. The first-order valence-electron chi connectivity index (χ1n) is 21.8. The first-order chi connectivity index (χ1) is 27.0. The van der Waals surface area contributed by atoms with Crippen LogP contribution in [0.25, 0.3) is 0 Å². The lowest BCUT2D eigenvalue weighted by atomic mass is 9.41. The molecular formula is C43H68O15. The Bertz CT molecular complexity index is 1640. The predicted molar refractivity (Wildman–Crippen MR) is 201 cm³/mol. The summed E-state index contributed by atoms with van der Waals surface area (Å²) in [6, 6.07) is 0. The van der Waals surface area contributed by atoms with Gasteiger partial charge >= 0.3 is 5.97 Å². The van der Waals surface area contributed by atoms with Gasteiger partial charge < -0.3 is 68.9 Å². The maximum absolute atomic E-state index is 13.3. The lowest BCUT2D eigenvalue weighted by Gasteiger charge is -2.64. The first kappa shape index (κ1) is 42.3. The third-order valence-corrected chi connectivity index (χ3v) is 18.7. The van der Waals surface area contributed by atoms with Gasteiger partial charge in [0, 0.05) is 24.7 Å². The second-order valence-corrected chi connectivity index (χ2v) is 21.7. The number of fused-ring (bicyclic) bond motifs is 7. The number of hydrogen-bond donors (Lipinski definition) is 7. The summed E-state index contributed by atoms with van der Waals surface area (Å²) in [5, 5.41) is 73.0. The molecule has 0 aromatic carbocycles. The number of esters is 1. The van der Waals surface area contributed by atoms with Crippen LogP contribution in [0.5, 0.6) is 0 Å². The van der Waals surface area contributed by atoms with Gasteiger partial charge in [-0.2, -0.15) is 0 Å². The standard InChI is InChI=1S/C43H68O15/c1-20(45)53-33-31-32(39(7)14-16-43(56-31,58-39)37(4,5)57-35-30(51)28(49)27(48)22(17-44)54-35)38(6)13-15-42-19-41(42)12-11-25(55-34-29(50)26(47)21(46)18-52-34)36(2,3)23(41)9-10-24(42)40(33,38)8/h21-35,44,46-51H,9-19H2,1-8H3/t21-,22-,23+,24+,25+,26+,27-,28+,29-,30-,31-,32+,33+,34+,35-,38-,39+,40-,41-,42+,43+/m1/s1. The van der Waals surface area contributed by atoms with Crippen LogP contribution in [0.4, 0.5) is 0 Å². The van der Waals surface area contributed by atoms with E-state index in [4.69, 9.17) is 33.2 Å². The Labute approximate surface area is 341 Å². The fourth-order valence-electron chi connectivity index (χ4n) is 15.7. The van der Waals surface area contributed by atoms with E-state index in [9.17, 15) is 40.5 Å². The Morgan fingerprint density at radius 3 is 2.16 bits per heavy atom. The fraction of sp³-hybridized carbons (Fsp3) is 0.977. The second-order valence-electron chi connectivity index (χ2n) is 21.7. The summed E-state index contributed by atoms with van der Waals surface area (Å²) in [5.41, 5.74) is -2.92. The quantitative estimate of drug-likeness (QED) is 0.143. The van der Waals surface area contributed by atoms with Crippen molar-refractivity contribution in [2.45, 2.75) is 204 Å². The lowest BCUT2D eigenvalue weighted by Crippen LogP contribution is -2.67. The van der Waals surface area contributed by atoms with Crippen molar-refractivity contribution in [1.82, 2.24) is 0 Å². The van der Waals surface area contributed by atoms with Crippen LogP contribution >= 0.6 is 0 Å². The van der Waals surface area contributed by atoms with Crippen LogP contribution in [0, 0.1) is 44.8 Å². The van der Waals surface area contributed by atoms with Crippen molar-refractivity contribution in [1.29, 1.82) is 0 Å². The third-order valence-electron chi connectivity index (χ3n) is 18.7. The Morgan fingerprint density at radius 1 is 0.793 bits per heavy atom. The fourth-order valence-corrected chi connectivity index (χ4v) is 15.7. The first-order valence-corrected chi connectivity index (χ1v) is 21.8. The average Bonchev–Trinajstić information content (AvgIpc) is 3.67. The number of aliphatic hydroxyl groups is 7. The highest BCUT2D eigenvalue weighted by atomic mass is 16.8.